The van der Waals surface area contributed by atoms with E-state index in [1.807, 2.05) is 78.7 Å². The zero-order valence-corrected chi connectivity index (χ0v) is 22.4. The molecule has 0 aliphatic rings. The van der Waals surface area contributed by atoms with Gasteiger partial charge in [0.05, 0.1) is 26.6 Å². The maximum absolute atomic E-state index is 13.4. The number of carbonyl (C=O) groups excluding carboxylic acids is 2. The van der Waals surface area contributed by atoms with Crippen LogP contribution >= 0.6 is 11.6 Å². The third-order valence-corrected chi connectivity index (χ3v) is 6.46. The van der Waals surface area contributed by atoms with Crippen molar-refractivity contribution in [2.45, 2.75) is 40.3 Å². The van der Waals surface area contributed by atoms with Gasteiger partial charge < -0.3 is 19.1 Å². The lowest BCUT2D eigenvalue weighted by Gasteiger charge is -2.29. The lowest BCUT2D eigenvalue weighted by molar-refractivity contribution is -0.140. The number of aromatic nitrogens is 1. The summed E-state index contributed by atoms with van der Waals surface area (Å²) >= 11 is 6.37. The summed E-state index contributed by atoms with van der Waals surface area (Å²) in [6, 6.07) is 19.2. The molecule has 2 aromatic carbocycles. The van der Waals surface area contributed by atoms with Gasteiger partial charge in [0, 0.05) is 36.5 Å². The molecule has 0 saturated heterocycles. The van der Waals surface area contributed by atoms with E-state index in [1.54, 1.807) is 12.0 Å². The Morgan fingerprint density at radius 3 is 2.33 bits per heavy atom. The number of amides is 2. The number of rotatable bonds is 12. The van der Waals surface area contributed by atoms with Gasteiger partial charge >= 0.3 is 0 Å². The molecule has 6 nitrogen and oxygen atoms in total. The van der Waals surface area contributed by atoms with Crippen molar-refractivity contribution in [3.8, 4) is 5.75 Å². The molecule has 192 valence electrons. The third-order valence-electron chi connectivity index (χ3n) is 6.09. The predicted octanol–water partition coefficient (Wildman–Crippen LogP) is 5.27. The van der Waals surface area contributed by atoms with Crippen LogP contribution in [0.3, 0.4) is 0 Å². The molecule has 36 heavy (non-hydrogen) atoms. The van der Waals surface area contributed by atoms with Crippen LogP contribution in [0.2, 0.25) is 5.02 Å². The van der Waals surface area contributed by atoms with Crippen LogP contribution in [-0.2, 0) is 29.1 Å². The first kappa shape index (κ1) is 27.3. The van der Waals surface area contributed by atoms with Gasteiger partial charge in [0.15, 0.2) is 0 Å². The molecular weight excluding hydrogens is 474 g/mol. The van der Waals surface area contributed by atoms with Gasteiger partial charge in [0.2, 0.25) is 11.8 Å². The molecule has 3 rings (SSSR count). The van der Waals surface area contributed by atoms with Crippen molar-refractivity contribution in [1.29, 1.82) is 0 Å². The highest BCUT2D eigenvalue weighted by molar-refractivity contribution is 6.31. The highest BCUT2D eigenvalue weighted by Gasteiger charge is 2.22. The van der Waals surface area contributed by atoms with Crippen LogP contribution in [0.25, 0.3) is 0 Å². The lowest BCUT2D eigenvalue weighted by atomic mass is 10.1. The number of halogens is 1. The number of nitrogens with zero attached hydrogens (tertiary/aromatic N) is 3. The second-order valence-corrected chi connectivity index (χ2v) is 9.73. The second kappa shape index (κ2) is 13.2. The number of methoxy groups -OCH3 is 1. The maximum Gasteiger partial charge on any atom is 0.242 e. The molecular formula is C29H36ClN3O3. The van der Waals surface area contributed by atoms with Crippen LogP contribution in [0.1, 0.15) is 37.6 Å². The summed E-state index contributed by atoms with van der Waals surface area (Å²) in [5.41, 5.74) is 2.94. The van der Waals surface area contributed by atoms with Crippen LogP contribution in [-0.4, -0.2) is 52.9 Å². The Hall–Kier alpha value is -3.25. The van der Waals surface area contributed by atoms with E-state index in [-0.39, 0.29) is 24.8 Å². The van der Waals surface area contributed by atoms with Gasteiger partial charge in [-0.15, -0.1) is 0 Å². The van der Waals surface area contributed by atoms with Gasteiger partial charge in [-0.05, 0) is 54.3 Å². The molecule has 3 aromatic rings. The summed E-state index contributed by atoms with van der Waals surface area (Å²) < 4.78 is 7.31. The van der Waals surface area contributed by atoms with Gasteiger partial charge in [-0.3, -0.25) is 9.59 Å². The van der Waals surface area contributed by atoms with E-state index in [9.17, 15) is 9.59 Å². The SMILES string of the molecule is CCN(CC(=O)N(Cc1cccn1Cc1ccccc1Cl)CC(C)C)C(=O)Cc1ccc(OC)cc1. The Labute approximate surface area is 219 Å². The Morgan fingerprint density at radius 1 is 0.972 bits per heavy atom. The Bertz CT molecular complexity index is 1140. The number of benzene rings is 2. The minimum Gasteiger partial charge on any atom is -0.497 e. The van der Waals surface area contributed by atoms with Crippen molar-refractivity contribution >= 4 is 23.4 Å². The number of ether oxygens (including phenoxy) is 1. The smallest absolute Gasteiger partial charge is 0.242 e. The molecule has 1 aromatic heterocycles. The molecule has 2 amide bonds. The van der Waals surface area contributed by atoms with Gasteiger partial charge in [0.1, 0.15) is 5.75 Å². The maximum atomic E-state index is 13.4. The zero-order valence-electron chi connectivity index (χ0n) is 21.6. The van der Waals surface area contributed by atoms with Gasteiger partial charge in [0.25, 0.3) is 0 Å². The molecule has 0 aliphatic heterocycles. The fraction of sp³-hybridized carbons (Fsp3) is 0.379. The number of hydrogen-bond donors (Lipinski definition) is 0. The van der Waals surface area contributed by atoms with Crippen molar-refractivity contribution in [1.82, 2.24) is 14.4 Å². The molecule has 0 unspecified atom stereocenters. The minimum atomic E-state index is -0.0670. The van der Waals surface area contributed by atoms with Crippen LogP contribution in [0.5, 0.6) is 5.75 Å². The zero-order chi connectivity index (χ0) is 26.1. The van der Waals surface area contributed by atoms with Crippen LogP contribution in [0.15, 0.2) is 66.9 Å². The second-order valence-electron chi connectivity index (χ2n) is 9.32. The lowest BCUT2D eigenvalue weighted by Crippen LogP contribution is -2.44. The molecule has 0 spiro atoms. The van der Waals surface area contributed by atoms with E-state index in [2.05, 4.69) is 18.4 Å². The van der Waals surface area contributed by atoms with Crippen molar-refractivity contribution in [2.75, 3.05) is 26.7 Å². The van der Waals surface area contributed by atoms with Crippen molar-refractivity contribution < 1.29 is 14.3 Å². The summed E-state index contributed by atoms with van der Waals surface area (Å²) in [7, 11) is 1.61. The van der Waals surface area contributed by atoms with Gasteiger partial charge in [-0.25, -0.2) is 0 Å². The fourth-order valence-corrected chi connectivity index (χ4v) is 4.31. The molecule has 0 atom stereocenters. The predicted molar refractivity (Wildman–Crippen MR) is 144 cm³/mol. The highest BCUT2D eigenvalue weighted by Crippen LogP contribution is 2.19. The first-order chi connectivity index (χ1) is 17.3. The normalized spacial score (nSPS) is 10.9. The van der Waals surface area contributed by atoms with E-state index < -0.39 is 0 Å². The topological polar surface area (TPSA) is 54.8 Å². The average molecular weight is 510 g/mol. The summed E-state index contributed by atoms with van der Waals surface area (Å²) in [6.07, 6.45) is 2.25. The molecule has 0 bridgehead atoms. The molecule has 1 heterocycles. The molecule has 7 heteroatoms. The summed E-state index contributed by atoms with van der Waals surface area (Å²) in [4.78, 5) is 29.9. The third kappa shape index (κ3) is 7.62. The minimum absolute atomic E-state index is 0.0564. The van der Waals surface area contributed by atoms with Crippen LogP contribution in [0.4, 0.5) is 0 Å². The quantitative estimate of drug-likeness (QED) is 0.334. The van der Waals surface area contributed by atoms with Crippen LogP contribution < -0.4 is 4.74 Å². The van der Waals surface area contributed by atoms with Gasteiger partial charge in [-0.1, -0.05) is 55.8 Å². The van der Waals surface area contributed by atoms with E-state index >= 15 is 0 Å². The number of hydrogen-bond acceptors (Lipinski definition) is 3. The highest BCUT2D eigenvalue weighted by atomic mass is 35.5. The largest absolute Gasteiger partial charge is 0.497 e. The first-order valence-electron chi connectivity index (χ1n) is 12.4. The summed E-state index contributed by atoms with van der Waals surface area (Å²) in [5, 5.41) is 0.723. The van der Waals surface area contributed by atoms with Crippen LogP contribution in [0, 0.1) is 5.92 Å². The Balaban J connectivity index is 1.69. The van der Waals surface area contributed by atoms with Crippen molar-refractivity contribution in [3.05, 3.63) is 88.7 Å². The monoisotopic (exact) mass is 509 g/mol. The molecule has 0 aliphatic carbocycles. The number of carbonyl (C=O) groups is 2. The van der Waals surface area contributed by atoms with Gasteiger partial charge in [-0.2, -0.15) is 0 Å². The van der Waals surface area contributed by atoms with E-state index in [4.69, 9.17) is 16.3 Å². The van der Waals surface area contributed by atoms with E-state index in [1.165, 1.54) is 0 Å². The molecule has 0 radical (unpaired) electrons. The Morgan fingerprint density at radius 2 is 1.69 bits per heavy atom. The molecule has 0 fully saturated rings. The first-order valence-corrected chi connectivity index (χ1v) is 12.7. The fourth-order valence-electron chi connectivity index (χ4n) is 4.12. The van der Waals surface area contributed by atoms with E-state index in [0.29, 0.717) is 32.1 Å². The summed E-state index contributed by atoms with van der Waals surface area (Å²) in [5.74, 6) is 0.921. The van der Waals surface area contributed by atoms with E-state index in [0.717, 1.165) is 27.6 Å². The van der Waals surface area contributed by atoms with Crippen molar-refractivity contribution in [3.63, 3.8) is 0 Å². The molecule has 0 saturated carbocycles. The van der Waals surface area contributed by atoms with Crippen molar-refractivity contribution in [2.24, 2.45) is 5.92 Å². The Kier molecular flexibility index (Phi) is 10.00. The number of likely N-dealkylation sites (N-methyl/N-ethyl adjacent to an activating group) is 1. The summed E-state index contributed by atoms with van der Waals surface area (Å²) in [6.45, 7) is 8.33. The standard InChI is InChI=1S/C29H36ClN3O3/c1-5-31(28(34)17-23-12-14-26(36-4)15-13-23)21-29(35)33(18-22(2)3)20-25-10-8-16-32(25)19-24-9-6-7-11-27(24)30/h6-16,22H,5,17-21H2,1-4H3. The average Bonchev–Trinajstić information content (AvgIpc) is 3.30. The molecule has 0 N–H and O–H groups in total.